The number of anilines is 1. The van der Waals surface area contributed by atoms with Crippen LogP contribution in [0.3, 0.4) is 0 Å². The van der Waals surface area contributed by atoms with Crippen molar-refractivity contribution in [2.24, 2.45) is 5.92 Å². The van der Waals surface area contributed by atoms with E-state index in [2.05, 4.69) is 17.1 Å². The Morgan fingerprint density at radius 2 is 2.07 bits per heavy atom. The summed E-state index contributed by atoms with van der Waals surface area (Å²) in [4.78, 5) is 21.1. The second kappa shape index (κ2) is 9.34. The largest absolute Gasteiger partial charge is 0.392 e. The molecule has 2 aliphatic rings. The van der Waals surface area contributed by atoms with Gasteiger partial charge in [0.15, 0.2) is 5.13 Å². The van der Waals surface area contributed by atoms with Crippen molar-refractivity contribution in [2.45, 2.75) is 44.8 Å². The number of benzene rings is 1. The highest BCUT2D eigenvalue weighted by molar-refractivity contribution is 7.16. The molecule has 2 atom stereocenters. The Kier molecular flexibility index (Phi) is 6.60. The fraction of sp³-hybridized carbons (Fsp3) is 0.545. The number of aromatic nitrogens is 1. The lowest BCUT2D eigenvalue weighted by Gasteiger charge is -2.30. The second-order valence-electron chi connectivity index (χ2n) is 7.91. The third-order valence-corrected chi connectivity index (χ3v) is 6.93. The van der Waals surface area contributed by atoms with Gasteiger partial charge in [-0.3, -0.25) is 9.69 Å². The van der Waals surface area contributed by atoms with E-state index in [1.165, 1.54) is 11.3 Å². The van der Waals surface area contributed by atoms with Crippen LogP contribution in [0.15, 0.2) is 30.3 Å². The van der Waals surface area contributed by atoms with Gasteiger partial charge in [0.25, 0.3) is 0 Å². The fourth-order valence-corrected chi connectivity index (χ4v) is 5.20. The first kappa shape index (κ1) is 20.5. The van der Waals surface area contributed by atoms with Gasteiger partial charge in [0, 0.05) is 36.7 Å². The zero-order chi connectivity index (χ0) is 20.2. The maximum Gasteiger partial charge on any atom is 0.243 e. The van der Waals surface area contributed by atoms with Crippen LogP contribution in [-0.4, -0.2) is 59.3 Å². The molecule has 1 amide bonds. The Bertz CT molecular complexity index is 820. The number of hydrogen-bond acceptors (Lipinski definition) is 6. The molecule has 4 rings (SSSR count). The Hall–Kier alpha value is -1.80. The first-order valence-electron chi connectivity index (χ1n) is 10.5. The van der Waals surface area contributed by atoms with Crippen molar-refractivity contribution in [1.29, 1.82) is 0 Å². The molecule has 2 aromatic rings. The van der Waals surface area contributed by atoms with Gasteiger partial charge in [0.1, 0.15) is 0 Å². The van der Waals surface area contributed by atoms with Gasteiger partial charge in [-0.2, -0.15) is 0 Å². The minimum absolute atomic E-state index is 0.0652. The molecule has 1 aromatic heterocycles. The van der Waals surface area contributed by atoms with Crippen molar-refractivity contribution in [2.75, 3.05) is 31.6 Å². The second-order valence-corrected chi connectivity index (χ2v) is 9.00. The number of hydrogen-bond donors (Lipinski definition) is 2. The number of aryl methyl sites for hydroxylation is 1. The number of nitrogens with one attached hydrogen (secondary N) is 1. The Labute approximate surface area is 175 Å². The predicted octanol–water partition coefficient (Wildman–Crippen LogP) is 3.17. The molecule has 2 fully saturated rings. The molecule has 0 aliphatic carbocycles. The lowest BCUT2D eigenvalue weighted by molar-refractivity contribution is -0.120. The van der Waals surface area contributed by atoms with Gasteiger partial charge in [-0.05, 0) is 31.6 Å². The summed E-state index contributed by atoms with van der Waals surface area (Å²) < 4.78 is 5.45. The number of thiazole rings is 1. The number of likely N-dealkylation sites (tertiary alicyclic amines) is 1. The van der Waals surface area contributed by atoms with Crippen molar-refractivity contribution >= 4 is 22.4 Å². The lowest BCUT2D eigenvalue weighted by atomic mass is 9.99. The number of carbonyl (C=O) groups excluding carboxylic acids is 1. The molecule has 2 saturated heterocycles. The van der Waals surface area contributed by atoms with E-state index in [0.29, 0.717) is 24.0 Å². The first-order chi connectivity index (χ1) is 14.1. The number of rotatable bonds is 6. The van der Waals surface area contributed by atoms with Crippen LogP contribution in [0.5, 0.6) is 0 Å². The molecule has 6 nitrogen and oxygen atoms in total. The van der Waals surface area contributed by atoms with E-state index in [1.54, 1.807) is 0 Å². The zero-order valence-electron chi connectivity index (χ0n) is 16.8. The van der Waals surface area contributed by atoms with Crippen LogP contribution in [0, 0.1) is 5.92 Å². The topological polar surface area (TPSA) is 74.7 Å². The van der Waals surface area contributed by atoms with Crippen LogP contribution in [0.4, 0.5) is 5.13 Å². The van der Waals surface area contributed by atoms with Crippen molar-refractivity contribution in [3.63, 3.8) is 0 Å². The number of aliphatic hydroxyl groups is 1. The van der Waals surface area contributed by atoms with Crippen LogP contribution in [0.25, 0.3) is 11.3 Å². The molecular formula is C22H29N3O3S. The average molecular weight is 416 g/mol. The van der Waals surface area contributed by atoms with Gasteiger partial charge in [-0.15, -0.1) is 11.3 Å². The van der Waals surface area contributed by atoms with Gasteiger partial charge in [0.2, 0.25) is 5.91 Å². The molecule has 156 valence electrons. The minimum Gasteiger partial charge on any atom is -0.392 e. The molecule has 0 unspecified atom stereocenters. The molecule has 2 aliphatic heterocycles. The van der Waals surface area contributed by atoms with E-state index in [4.69, 9.17) is 9.72 Å². The number of β-amino-alcohol motifs (C(OH)–C–C–N with tert-alkyl or cyclic N) is 1. The summed E-state index contributed by atoms with van der Waals surface area (Å²) in [5, 5.41) is 13.9. The van der Waals surface area contributed by atoms with E-state index in [-0.39, 0.29) is 11.9 Å². The summed E-state index contributed by atoms with van der Waals surface area (Å²) in [6.45, 7) is 5.08. The van der Waals surface area contributed by atoms with Crippen LogP contribution in [0.1, 0.15) is 31.1 Å². The Morgan fingerprint density at radius 1 is 1.31 bits per heavy atom. The van der Waals surface area contributed by atoms with Crippen molar-refractivity contribution < 1.29 is 14.6 Å². The van der Waals surface area contributed by atoms with Crippen LogP contribution in [-0.2, 0) is 16.0 Å². The SMILES string of the molecule is CCc1sc(NC(=O)[C@@H]2C[C@@H](O)CN2CC2CCOCC2)nc1-c1ccccc1. The molecule has 7 heteroatoms. The van der Waals surface area contributed by atoms with E-state index < -0.39 is 6.10 Å². The molecule has 0 radical (unpaired) electrons. The maximum absolute atomic E-state index is 13.0. The smallest absolute Gasteiger partial charge is 0.243 e. The lowest BCUT2D eigenvalue weighted by Crippen LogP contribution is -2.42. The summed E-state index contributed by atoms with van der Waals surface area (Å²) in [5.74, 6) is 0.463. The maximum atomic E-state index is 13.0. The molecule has 3 heterocycles. The van der Waals surface area contributed by atoms with E-state index in [0.717, 1.165) is 55.2 Å². The zero-order valence-corrected chi connectivity index (χ0v) is 17.7. The van der Waals surface area contributed by atoms with Crippen molar-refractivity contribution in [3.05, 3.63) is 35.2 Å². The standard InChI is InChI=1S/C22H29N3O3S/c1-2-19-20(16-6-4-3-5-7-16)23-22(29-19)24-21(27)18-12-17(26)14-25(18)13-15-8-10-28-11-9-15/h3-7,15,17-18,26H,2,8-14H2,1H3,(H,23,24,27)/t17-,18+/m1/s1. The summed E-state index contributed by atoms with van der Waals surface area (Å²) >= 11 is 1.54. The molecule has 29 heavy (non-hydrogen) atoms. The quantitative estimate of drug-likeness (QED) is 0.758. The van der Waals surface area contributed by atoms with Gasteiger partial charge < -0.3 is 15.2 Å². The first-order valence-corrected chi connectivity index (χ1v) is 11.3. The minimum atomic E-state index is -0.451. The number of nitrogens with zero attached hydrogens (tertiary/aromatic N) is 2. The van der Waals surface area contributed by atoms with E-state index in [1.807, 2.05) is 30.3 Å². The molecule has 0 bridgehead atoms. The highest BCUT2D eigenvalue weighted by Gasteiger charge is 2.37. The van der Waals surface area contributed by atoms with Crippen molar-refractivity contribution in [3.8, 4) is 11.3 Å². The molecule has 0 spiro atoms. The van der Waals surface area contributed by atoms with Crippen LogP contribution in [0.2, 0.25) is 0 Å². The monoisotopic (exact) mass is 415 g/mol. The third-order valence-electron chi connectivity index (χ3n) is 5.81. The number of amides is 1. The van der Waals surface area contributed by atoms with Gasteiger partial charge >= 0.3 is 0 Å². The van der Waals surface area contributed by atoms with Crippen LogP contribution >= 0.6 is 11.3 Å². The van der Waals surface area contributed by atoms with Gasteiger partial charge in [0.05, 0.1) is 17.8 Å². The molecular weight excluding hydrogens is 386 g/mol. The average Bonchev–Trinajstić information content (AvgIpc) is 3.32. The van der Waals surface area contributed by atoms with E-state index in [9.17, 15) is 9.90 Å². The highest BCUT2D eigenvalue weighted by Crippen LogP contribution is 2.32. The molecule has 2 N–H and O–H groups in total. The number of carbonyl (C=O) groups is 1. The van der Waals surface area contributed by atoms with Gasteiger partial charge in [-0.1, -0.05) is 37.3 Å². The number of aliphatic hydroxyl groups excluding tert-OH is 1. The summed E-state index contributed by atoms with van der Waals surface area (Å²) in [6, 6.07) is 9.77. The Balaban J connectivity index is 1.45. The van der Waals surface area contributed by atoms with Crippen LogP contribution < -0.4 is 5.32 Å². The fourth-order valence-electron chi connectivity index (χ4n) is 4.27. The Morgan fingerprint density at radius 3 is 2.79 bits per heavy atom. The third kappa shape index (κ3) is 4.86. The summed E-state index contributed by atoms with van der Waals surface area (Å²) in [6.07, 6.45) is 2.94. The normalized spacial score (nSPS) is 23.4. The number of ether oxygens (including phenoxy) is 1. The van der Waals surface area contributed by atoms with Gasteiger partial charge in [-0.25, -0.2) is 4.98 Å². The summed E-state index contributed by atoms with van der Waals surface area (Å²) in [5.41, 5.74) is 2.01. The predicted molar refractivity (Wildman–Crippen MR) is 115 cm³/mol. The van der Waals surface area contributed by atoms with Crippen molar-refractivity contribution in [1.82, 2.24) is 9.88 Å². The molecule has 0 saturated carbocycles. The highest BCUT2D eigenvalue weighted by atomic mass is 32.1. The van der Waals surface area contributed by atoms with E-state index >= 15 is 0 Å². The summed E-state index contributed by atoms with van der Waals surface area (Å²) in [7, 11) is 0. The molecule has 1 aromatic carbocycles.